The van der Waals surface area contributed by atoms with Crippen molar-refractivity contribution in [3.8, 4) is 5.75 Å². The topological polar surface area (TPSA) is 35.2 Å². The van der Waals surface area contributed by atoms with Crippen LogP contribution in [0.2, 0.25) is 0 Å². The molecule has 1 unspecified atom stereocenters. The number of benzene rings is 1. The van der Waals surface area contributed by atoms with E-state index in [1.54, 1.807) is 0 Å². The summed E-state index contributed by atoms with van der Waals surface area (Å²) >= 11 is 0. The van der Waals surface area contributed by atoms with E-state index in [0.29, 0.717) is 12.0 Å². The molecule has 0 spiro atoms. The maximum Gasteiger partial charge on any atom is 0.120 e. The highest BCUT2D eigenvalue weighted by Gasteiger charge is 2.24. The Kier molecular flexibility index (Phi) is 4.06. The van der Waals surface area contributed by atoms with E-state index in [9.17, 15) is 0 Å². The number of hydrogen-bond acceptors (Lipinski definition) is 2. The molecule has 1 fully saturated rings. The molecule has 0 bridgehead atoms. The molecular formula is C15H23NO. The van der Waals surface area contributed by atoms with E-state index in [1.165, 1.54) is 18.4 Å². The van der Waals surface area contributed by atoms with E-state index in [2.05, 4.69) is 32.0 Å². The van der Waals surface area contributed by atoms with Gasteiger partial charge in [-0.3, -0.25) is 0 Å². The van der Waals surface area contributed by atoms with Gasteiger partial charge in [-0.15, -0.1) is 0 Å². The van der Waals surface area contributed by atoms with Crippen LogP contribution in [-0.4, -0.2) is 6.10 Å². The van der Waals surface area contributed by atoms with Crippen molar-refractivity contribution in [1.82, 2.24) is 0 Å². The van der Waals surface area contributed by atoms with E-state index < -0.39 is 0 Å². The molecule has 2 nitrogen and oxygen atoms in total. The van der Waals surface area contributed by atoms with Crippen LogP contribution in [0.25, 0.3) is 0 Å². The molecule has 1 saturated carbocycles. The third kappa shape index (κ3) is 3.22. The number of rotatable bonds is 6. The number of nitrogens with two attached hydrogens (primary N) is 1. The fraction of sp³-hybridized carbons (Fsp3) is 0.600. The zero-order valence-corrected chi connectivity index (χ0v) is 10.9. The van der Waals surface area contributed by atoms with Gasteiger partial charge in [0.2, 0.25) is 0 Å². The molecule has 0 aliphatic heterocycles. The first kappa shape index (κ1) is 12.4. The van der Waals surface area contributed by atoms with Gasteiger partial charge in [0.15, 0.2) is 0 Å². The lowest BCUT2D eigenvalue weighted by Crippen LogP contribution is -2.20. The van der Waals surface area contributed by atoms with Crippen LogP contribution in [0, 0.1) is 5.92 Å². The van der Waals surface area contributed by atoms with Gasteiger partial charge < -0.3 is 10.5 Å². The van der Waals surface area contributed by atoms with Crippen LogP contribution in [-0.2, 0) is 0 Å². The molecule has 1 aromatic carbocycles. The van der Waals surface area contributed by atoms with Crippen molar-refractivity contribution in [3.63, 3.8) is 0 Å². The van der Waals surface area contributed by atoms with Crippen molar-refractivity contribution in [2.24, 2.45) is 11.7 Å². The molecular weight excluding hydrogens is 210 g/mol. The average molecular weight is 233 g/mol. The van der Waals surface area contributed by atoms with Crippen molar-refractivity contribution in [1.29, 1.82) is 0 Å². The first-order chi connectivity index (χ1) is 8.24. The molecule has 94 valence electrons. The third-order valence-electron chi connectivity index (χ3n) is 3.63. The van der Waals surface area contributed by atoms with Gasteiger partial charge in [0.05, 0.1) is 6.10 Å². The Labute approximate surface area is 104 Å². The molecule has 17 heavy (non-hydrogen) atoms. The van der Waals surface area contributed by atoms with E-state index in [1.807, 2.05) is 6.07 Å². The van der Waals surface area contributed by atoms with Gasteiger partial charge in [0.1, 0.15) is 5.75 Å². The zero-order valence-electron chi connectivity index (χ0n) is 10.9. The van der Waals surface area contributed by atoms with Crippen molar-refractivity contribution < 1.29 is 4.74 Å². The summed E-state index contributed by atoms with van der Waals surface area (Å²) in [6, 6.07) is 8.44. The average Bonchev–Trinajstić information content (AvgIpc) is 3.15. The lowest BCUT2D eigenvalue weighted by atomic mass is 9.89. The summed E-state index contributed by atoms with van der Waals surface area (Å²) in [5.74, 6) is 1.54. The second kappa shape index (κ2) is 5.54. The van der Waals surface area contributed by atoms with Gasteiger partial charge in [-0.25, -0.2) is 0 Å². The van der Waals surface area contributed by atoms with Crippen LogP contribution >= 0.6 is 0 Å². The van der Waals surface area contributed by atoms with Gasteiger partial charge in [0, 0.05) is 6.04 Å². The Morgan fingerprint density at radius 1 is 1.29 bits per heavy atom. The first-order valence-electron chi connectivity index (χ1n) is 6.76. The van der Waals surface area contributed by atoms with Crippen molar-refractivity contribution >= 4 is 0 Å². The second-order valence-electron chi connectivity index (χ2n) is 4.99. The molecule has 1 aliphatic carbocycles. The van der Waals surface area contributed by atoms with Crippen molar-refractivity contribution in [3.05, 3.63) is 29.8 Å². The second-order valence-corrected chi connectivity index (χ2v) is 4.99. The number of ether oxygens (including phenoxy) is 1. The predicted molar refractivity (Wildman–Crippen MR) is 71.1 cm³/mol. The fourth-order valence-corrected chi connectivity index (χ4v) is 2.24. The Morgan fingerprint density at radius 2 is 2.00 bits per heavy atom. The molecule has 1 aromatic rings. The van der Waals surface area contributed by atoms with E-state index in [0.717, 1.165) is 18.6 Å². The summed E-state index contributed by atoms with van der Waals surface area (Å²) in [7, 11) is 0. The Balaban J connectivity index is 2.07. The normalized spacial score (nSPS) is 17.2. The van der Waals surface area contributed by atoms with Crippen LogP contribution in [0.4, 0.5) is 0 Å². The molecule has 1 aliphatic rings. The summed E-state index contributed by atoms with van der Waals surface area (Å²) in [5.41, 5.74) is 7.53. The van der Waals surface area contributed by atoms with E-state index in [4.69, 9.17) is 10.5 Å². The highest BCUT2D eigenvalue weighted by Crippen LogP contribution is 2.30. The maximum absolute atomic E-state index is 6.32. The monoisotopic (exact) mass is 233 g/mol. The molecule has 2 rings (SSSR count). The minimum atomic E-state index is 0.132. The van der Waals surface area contributed by atoms with Gasteiger partial charge in [-0.05, 0) is 36.5 Å². The highest BCUT2D eigenvalue weighted by molar-refractivity contribution is 5.31. The van der Waals surface area contributed by atoms with Gasteiger partial charge in [0.25, 0.3) is 0 Å². The summed E-state index contributed by atoms with van der Waals surface area (Å²) in [6.45, 7) is 4.41. The van der Waals surface area contributed by atoms with Crippen LogP contribution in [0.15, 0.2) is 24.3 Å². The third-order valence-corrected chi connectivity index (χ3v) is 3.63. The quantitative estimate of drug-likeness (QED) is 0.813. The molecule has 0 heterocycles. The Bertz CT molecular complexity index is 356. The van der Waals surface area contributed by atoms with Crippen LogP contribution in [0.1, 0.15) is 51.1 Å². The largest absolute Gasteiger partial charge is 0.490 e. The molecule has 0 saturated heterocycles. The minimum absolute atomic E-state index is 0.132. The van der Waals surface area contributed by atoms with Gasteiger partial charge in [-0.1, -0.05) is 38.8 Å². The molecule has 2 heteroatoms. The molecule has 1 atom stereocenters. The standard InChI is InChI=1S/C15H23NO/c1-3-11(4-2)15(16)12-6-5-7-14(10-12)17-13-8-9-13/h5-7,10-11,13,15H,3-4,8-9,16H2,1-2H3. The molecule has 0 aromatic heterocycles. The first-order valence-corrected chi connectivity index (χ1v) is 6.76. The molecule has 2 N–H and O–H groups in total. The SMILES string of the molecule is CCC(CC)C(N)c1cccc(OC2CC2)c1. The lowest BCUT2D eigenvalue weighted by molar-refractivity contribution is 0.302. The fourth-order valence-electron chi connectivity index (χ4n) is 2.24. The lowest BCUT2D eigenvalue weighted by Gasteiger charge is -2.22. The summed E-state index contributed by atoms with van der Waals surface area (Å²) < 4.78 is 5.81. The Morgan fingerprint density at radius 3 is 2.59 bits per heavy atom. The Hall–Kier alpha value is -1.02. The smallest absolute Gasteiger partial charge is 0.120 e. The van der Waals surface area contributed by atoms with Crippen molar-refractivity contribution in [2.75, 3.05) is 0 Å². The van der Waals surface area contributed by atoms with Crippen LogP contribution in [0.3, 0.4) is 0 Å². The van der Waals surface area contributed by atoms with Crippen LogP contribution in [0.5, 0.6) is 5.75 Å². The van der Waals surface area contributed by atoms with E-state index >= 15 is 0 Å². The number of hydrogen-bond donors (Lipinski definition) is 1. The van der Waals surface area contributed by atoms with Crippen LogP contribution < -0.4 is 10.5 Å². The van der Waals surface area contributed by atoms with Crippen molar-refractivity contribution in [2.45, 2.75) is 51.7 Å². The predicted octanol–water partition coefficient (Wildman–Crippen LogP) is 3.66. The molecule has 0 amide bonds. The summed E-state index contributed by atoms with van der Waals surface area (Å²) in [5, 5.41) is 0. The summed E-state index contributed by atoms with van der Waals surface area (Å²) in [6.07, 6.45) is 5.11. The maximum atomic E-state index is 6.32. The zero-order chi connectivity index (χ0) is 12.3. The van der Waals surface area contributed by atoms with E-state index in [-0.39, 0.29) is 6.04 Å². The summed E-state index contributed by atoms with van der Waals surface area (Å²) in [4.78, 5) is 0. The minimum Gasteiger partial charge on any atom is -0.490 e. The van der Waals surface area contributed by atoms with Gasteiger partial charge >= 0.3 is 0 Å². The highest BCUT2D eigenvalue weighted by atomic mass is 16.5. The van der Waals surface area contributed by atoms with Gasteiger partial charge in [-0.2, -0.15) is 0 Å². The molecule has 0 radical (unpaired) electrons.